The first-order chi connectivity index (χ1) is 44.4. The van der Waals surface area contributed by atoms with Crippen molar-refractivity contribution in [1.29, 1.82) is 0 Å². The SMILES string of the molecule is CCCCCCCCCCCCCCCCCCCCC(=O)O[C@H](COC(=O)CCCCCCCCCCCCC(C)CC)COP(=O)(O)OC[C@@H](O)COP(=O)(O)OC[C@@H](COC(=O)CCCCCCCCC)OC(=O)CCCCCCCCCCCCC(C)C. The third-order valence-corrected chi connectivity index (χ3v) is 19.2. The van der Waals surface area contributed by atoms with Crippen molar-refractivity contribution < 1.29 is 80.2 Å². The highest BCUT2D eigenvalue weighted by Gasteiger charge is 2.30. The summed E-state index contributed by atoms with van der Waals surface area (Å²) in [5, 5.41) is 10.6. The molecule has 92 heavy (non-hydrogen) atoms. The summed E-state index contributed by atoms with van der Waals surface area (Å²) in [6.07, 6.45) is 51.4. The molecule has 0 saturated heterocycles. The molecule has 0 aromatic rings. The summed E-state index contributed by atoms with van der Waals surface area (Å²) < 4.78 is 68.3. The molecule has 0 bridgehead atoms. The normalized spacial score (nSPS) is 14.4. The molecule has 0 spiro atoms. The van der Waals surface area contributed by atoms with Crippen LogP contribution in [0.2, 0.25) is 0 Å². The van der Waals surface area contributed by atoms with E-state index in [2.05, 4.69) is 41.5 Å². The van der Waals surface area contributed by atoms with Gasteiger partial charge in [0, 0.05) is 25.7 Å². The van der Waals surface area contributed by atoms with Crippen LogP contribution in [0.5, 0.6) is 0 Å². The molecule has 6 atom stereocenters. The molecule has 0 fully saturated rings. The third kappa shape index (κ3) is 65.4. The van der Waals surface area contributed by atoms with Crippen molar-refractivity contribution in [2.45, 2.75) is 394 Å². The standard InChI is InChI=1S/C73H142O17P2/c1-7-10-12-14-16-17-18-19-20-21-22-23-24-25-33-39-45-51-57-72(77)90-69(62-84-71(76)56-50-44-38-32-29-27-31-37-42-48-54-66(6)9-3)64-88-92(81,82)86-60-67(74)59-85-91(79,80)87-63-68(61-83-70(75)55-49-43-35-15-13-11-8-2)89-73(78)58-52-46-40-34-28-26-30-36-41-47-53-65(4)5/h65-69,74H,7-64H2,1-6H3,(H,79,80)(H,81,82)/t66?,67-,68+,69+/m0/s1. The number of phosphoric ester groups is 2. The number of aliphatic hydroxyl groups is 1. The summed E-state index contributed by atoms with van der Waals surface area (Å²) >= 11 is 0. The largest absolute Gasteiger partial charge is 0.472 e. The van der Waals surface area contributed by atoms with Gasteiger partial charge >= 0.3 is 39.5 Å². The molecular formula is C73H142O17P2. The van der Waals surface area contributed by atoms with Crippen molar-refractivity contribution in [2.24, 2.45) is 11.8 Å². The number of unbranched alkanes of at least 4 members (excludes halogenated alkanes) is 41. The van der Waals surface area contributed by atoms with Crippen LogP contribution in [-0.4, -0.2) is 96.7 Å². The molecule has 0 aromatic carbocycles. The zero-order chi connectivity index (χ0) is 67.9. The second-order valence-electron chi connectivity index (χ2n) is 27.1. The molecular weight excluding hydrogens is 1210 g/mol. The first-order valence-electron chi connectivity index (χ1n) is 38.0. The number of phosphoric acid groups is 2. The van der Waals surface area contributed by atoms with Crippen LogP contribution in [0.4, 0.5) is 0 Å². The molecule has 0 aromatic heterocycles. The Morgan fingerprint density at radius 2 is 0.554 bits per heavy atom. The van der Waals surface area contributed by atoms with Crippen LogP contribution in [0.15, 0.2) is 0 Å². The van der Waals surface area contributed by atoms with Crippen LogP contribution >= 0.6 is 15.6 Å². The molecule has 0 saturated carbocycles. The van der Waals surface area contributed by atoms with E-state index < -0.39 is 97.5 Å². The number of hydrogen-bond acceptors (Lipinski definition) is 15. The fourth-order valence-electron chi connectivity index (χ4n) is 11.1. The van der Waals surface area contributed by atoms with Crippen molar-refractivity contribution in [1.82, 2.24) is 0 Å². The van der Waals surface area contributed by atoms with Crippen LogP contribution in [0.1, 0.15) is 375 Å². The quantitative estimate of drug-likeness (QED) is 0.0222. The highest BCUT2D eigenvalue weighted by atomic mass is 31.2. The second-order valence-corrected chi connectivity index (χ2v) is 30.0. The maximum absolute atomic E-state index is 13.1. The molecule has 0 radical (unpaired) electrons. The summed E-state index contributed by atoms with van der Waals surface area (Å²) in [7, 11) is -9.90. The van der Waals surface area contributed by atoms with E-state index in [0.29, 0.717) is 25.7 Å². The van der Waals surface area contributed by atoms with E-state index in [4.69, 9.17) is 37.0 Å². The molecule has 0 aliphatic carbocycles. The molecule has 0 amide bonds. The molecule has 3 N–H and O–H groups in total. The van der Waals surface area contributed by atoms with Gasteiger partial charge in [-0.05, 0) is 37.5 Å². The smallest absolute Gasteiger partial charge is 0.462 e. The van der Waals surface area contributed by atoms with Gasteiger partial charge in [-0.3, -0.25) is 37.3 Å². The van der Waals surface area contributed by atoms with Gasteiger partial charge in [0.25, 0.3) is 0 Å². The lowest BCUT2D eigenvalue weighted by Crippen LogP contribution is -2.30. The Balaban J connectivity index is 5.20. The number of carbonyl (C=O) groups excluding carboxylic acids is 4. The van der Waals surface area contributed by atoms with Crippen LogP contribution in [-0.2, 0) is 65.4 Å². The Bertz CT molecular complexity index is 1790. The van der Waals surface area contributed by atoms with Gasteiger partial charge in [0.05, 0.1) is 26.4 Å². The van der Waals surface area contributed by atoms with Crippen molar-refractivity contribution in [3.05, 3.63) is 0 Å². The lowest BCUT2D eigenvalue weighted by atomic mass is 9.99. The summed E-state index contributed by atoms with van der Waals surface area (Å²) in [6, 6.07) is 0. The maximum Gasteiger partial charge on any atom is 0.472 e. The van der Waals surface area contributed by atoms with Gasteiger partial charge in [0.15, 0.2) is 12.2 Å². The Morgan fingerprint density at radius 3 is 0.826 bits per heavy atom. The molecule has 0 rings (SSSR count). The Labute approximate surface area is 562 Å². The van der Waals surface area contributed by atoms with Crippen LogP contribution < -0.4 is 0 Å². The van der Waals surface area contributed by atoms with Gasteiger partial charge < -0.3 is 33.8 Å². The maximum atomic E-state index is 13.1. The molecule has 0 aliphatic heterocycles. The number of aliphatic hydroxyl groups excluding tert-OH is 1. The van der Waals surface area contributed by atoms with Crippen molar-refractivity contribution in [2.75, 3.05) is 39.6 Å². The van der Waals surface area contributed by atoms with E-state index in [0.717, 1.165) is 115 Å². The van der Waals surface area contributed by atoms with Gasteiger partial charge in [0.1, 0.15) is 19.3 Å². The van der Waals surface area contributed by atoms with Crippen molar-refractivity contribution >= 4 is 39.5 Å². The summed E-state index contributed by atoms with van der Waals surface area (Å²) in [5.74, 6) is -0.562. The average molecular weight is 1350 g/mol. The lowest BCUT2D eigenvalue weighted by molar-refractivity contribution is -0.161. The molecule has 19 heteroatoms. The zero-order valence-electron chi connectivity index (χ0n) is 59.9. The van der Waals surface area contributed by atoms with Crippen LogP contribution in [0.3, 0.4) is 0 Å². The topological polar surface area (TPSA) is 237 Å². The third-order valence-electron chi connectivity index (χ3n) is 17.3. The fraction of sp³-hybridized carbons (Fsp3) is 0.945. The molecule has 0 heterocycles. The minimum atomic E-state index is -4.95. The number of esters is 4. The first kappa shape index (κ1) is 90.1. The van der Waals surface area contributed by atoms with E-state index >= 15 is 0 Å². The van der Waals surface area contributed by atoms with E-state index in [1.54, 1.807) is 0 Å². The highest BCUT2D eigenvalue weighted by molar-refractivity contribution is 7.47. The van der Waals surface area contributed by atoms with E-state index in [9.17, 15) is 43.2 Å². The lowest BCUT2D eigenvalue weighted by Gasteiger charge is -2.21. The van der Waals surface area contributed by atoms with E-state index in [-0.39, 0.29) is 25.7 Å². The summed E-state index contributed by atoms with van der Waals surface area (Å²) in [6.45, 7) is 9.55. The van der Waals surface area contributed by atoms with Crippen LogP contribution in [0, 0.1) is 11.8 Å². The van der Waals surface area contributed by atoms with E-state index in [1.807, 2.05) is 0 Å². The van der Waals surface area contributed by atoms with Crippen molar-refractivity contribution in [3.8, 4) is 0 Å². The predicted octanol–water partition coefficient (Wildman–Crippen LogP) is 21.2. The molecule has 3 unspecified atom stereocenters. The number of ether oxygens (including phenoxy) is 4. The summed E-state index contributed by atoms with van der Waals surface area (Å²) in [4.78, 5) is 72.6. The fourth-order valence-corrected chi connectivity index (χ4v) is 12.7. The molecule has 17 nitrogen and oxygen atoms in total. The van der Waals surface area contributed by atoms with Gasteiger partial charge in [-0.1, -0.05) is 324 Å². The van der Waals surface area contributed by atoms with Gasteiger partial charge in [0.2, 0.25) is 0 Å². The minimum absolute atomic E-state index is 0.106. The summed E-state index contributed by atoms with van der Waals surface area (Å²) in [5.41, 5.74) is 0. The number of rotatable bonds is 72. The zero-order valence-corrected chi connectivity index (χ0v) is 61.6. The first-order valence-corrected chi connectivity index (χ1v) is 41.0. The molecule has 546 valence electrons. The Morgan fingerprint density at radius 1 is 0.315 bits per heavy atom. The Hall–Kier alpha value is -1.94. The van der Waals surface area contributed by atoms with Crippen LogP contribution in [0.25, 0.3) is 0 Å². The number of carbonyl (C=O) groups is 4. The average Bonchev–Trinajstić information content (AvgIpc) is 1.89. The van der Waals surface area contributed by atoms with E-state index in [1.165, 1.54) is 180 Å². The molecule has 0 aliphatic rings. The Kier molecular flexibility index (Phi) is 63.7. The monoisotopic (exact) mass is 1350 g/mol. The van der Waals surface area contributed by atoms with Gasteiger partial charge in [-0.2, -0.15) is 0 Å². The van der Waals surface area contributed by atoms with Crippen molar-refractivity contribution in [3.63, 3.8) is 0 Å². The van der Waals surface area contributed by atoms with Gasteiger partial charge in [-0.25, -0.2) is 9.13 Å². The minimum Gasteiger partial charge on any atom is -0.462 e. The number of hydrogen-bond donors (Lipinski definition) is 3. The highest BCUT2D eigenvalue weighted by Crippen LogP contribution is 2.45. The van der Waals surface area contributed by atoms with Gasteiger partial charge in [-0.15, -0.1) is 0 Å². The predicted molar refractivity (Wildman–Crippen MR) is 372 cm³/mol. The second kappa shape index (κ2) is 65.0.